The SMILES string of the molecule is Cc1ccc([C@@H]2[C@@H](C(N)=S)[C@H]2S(C)(=O)=O)cc1. The fraction of sp³-hybridized carbons (Fsp3) is 0.417. The minimum atomic E-state index is -3.10. The van der Waals surface area contributed by atoms with Gasteiger partial charge in [0.2, 0.25) is 0 Å². The van der Waals surface area contributed by atoms with Crippen LogP contribution in [0.25, 0.3) is 0 Å². The summed E-state index contributed by atoms with van der Waals surface area (Å²) in [5, 5.41) is -0.442. The molecule has 2 rings (SSSR count). The van der Waals surface area contributed by atoms with Crippen molar-refractivity contribution in [1.82, 2.24) is 0 Å². The maximum absolute atomic E-state index is 11.6. The van der Waals surface area contributed by atoms with Crippen LogP contribution in [0.2, 0.25) is 0 Å². The van der Waals surface area contributed by atoms with E-state index in [0.717, 1.165) is 11.1 Å². The molecule has 1 saturated carbocycles. The summed E-state index contributed by atoms with van der Waals surface area (Å²) in [6, 6.07) is 7.86. The van der Waals surface area contributed by atoms with E-state index in [4.69, 9.17) is 18.0 Å². The first-order valence-electron chi connectivity index (χ1n) is 5.37. The van der Waals surface area contributed by atoms with Crippen LogP contribution in [-0.4, -0.2) is 24.9 Å². The Balaban J connectivity index is 2.34. The molecule has 0 amide bonds. The van der Waals surface area contributed by atoms with Gasteiger partial charge < -0.3 is 5.73 Å². The molecule has 2 N–H and O–H groups in total. The predicted molar refractivity (Wildman–Crippen MR) is 72.8 cm³/mol. The molecule has 0 bridgehead atoms. The smallest absolute Gasteiger partial charge is 0.151 e. The number of rotatable bonds is 3. The Morgan fingerprint density at radius 1 is 1.29 bits per heavy atom. The molecule has 0 spiro atoms. The lowest BCUT2D eigenvalue weighted by Gasteiger charge is -2.00. The highest BCUT2D eigenvalue weighted by Crippen LogP contribution is 2.52. The highest BCUT2D eigenvalue weighted by Gasteiger charge is 2.58. The zero-order chi connectivity index (χ0) is 12.8. The molecule has 1 aromatic rings. The summed E-state index contributed by atoms with van der Waals surface area (Å²) in [5.41, 5.74) is 7.76. The van der Waals surface area contributed by atoms with Crippen molar-refractivity contribution >= 4 is 27.0 Å². The number of hydrogen-bond donors (Lipinski definition) is 1. The van der Waals surface area contributed by atoms with Gasteiger partial charge in [-0.1, -0.05) is 42.0 Å². The quantitative estimate of drug-likeness (QED) is 0.843. The molecule has 1 fully saturated rings. The highest BCUT2D eigenvalue weighted by atomic mass is 32.2. The number of nitrogens with two attached hydrogens (primary N) is 1. The van der Waals surface area contributed by atoms with Crippen molar-refractivity contribution in [2.75, 3.05) is 6.26 Å². The number of thiocarbonyl (C=S) groups is 1. The standard InChI is InChI=1S/C12H15NO2S2/c1-7-3-5-8(6-4-7)9-10(12(13)16)11(9)17(2,14)15/h3-6,9-11H,1-2H3,(H2,13,16)/t9-,10-,11+/m1/s1. The van der Waals surface area contributed by atoms with Gasteiger partial charge in [0, 0.05) is 18.1 Å². The average molecular weight is 269 g/mol. The minimum Gasteiger partial charge on any atom is -0.393 e. The molecule has 1 aliphatic carbocycles. The Kier molecular flexibility index (Phi) is 2.99. The van der Waals surface area contributed by atoms with Gasteiger partial charge in [-0.25, -0.2) is 8.42 Å². The van der Waals surface area contributed by atoms with Gasteiger partial charge >= 0.3 is 0 Å². The lowest BCUT2D eigenvalue weighted by Crippen LogP contribution is -2.16. The van der Waals surface area contributed by atoms with Crippen LogP contribution in [0.5, 0.6) is 0 Å². The molecule has 5 heteroatoms. The molecular formula is C12H15NO2S2. The van der Waals surface area contributed by atoms with Gasteiger partial charge in [0.1, 0.15) is 0 Å². The van der Waals surface area contributed by atoms with Crippen LogP contribution in [0.3, 0.4) is 0 Å². The van der Waals surface area contributed by atoms with E-state index in [0.29, 0.717) is 4.99 Å². The normalized spacial score (nSPS) is 27.8. The number of hydrogen-bond acceptors (Lipinski definition) is 3. The fourth-order valence-corrected chi connectivity index (χ4v) is 4.34. The Labute approximate surface area is 107 Å². The first-order chi connectivity index (χ1) is 7.82. The van der Waals surface area contributed by atoms with Crippen molar-refractivity contribution < 1.29 is 8.42 Å². The molecule has 0 radical (unpaired) electrons. The summed E-state index contributed by atoms with van der Waals surface area (Å²) in [5.74, 6) is -0.272. The summed E-state index contributed by atoms with van der Waals surface area (Å²) in [6.45, 7) is 2.00. The van der Waals surface area contributed by atoms with Crippen LogP contribution in [0.4, 0.5) is 0 Å². The molecular weight excluding hydrogens is 254 g/mol. The van der Waals surface area contributed by atoms with Gasteiger partial charge in [-0.05, 0) is 12.5 Å². The molecule has 0 saturated heterocycles. The summed E-state index contributed by atoms with van der Waals surface area (Å²) < 4.78 is 23.3. The van der Waals surface area contributed by atoms with Gasteiger partial charge in [-0.3, -0.25) is 0 Å². The molecule has 17 heavy (non-hydrogen) atoms. The van der Waals surface area contributed by atoms with Crippen LogP contribution in [0, 0.1) is 12.8 Å². The molecule has 3 atom stereocenters. The van der Waals surface area contributed by atoms with Crippen LogP contribution in [-0.2, 0) is 9.84 Å². The van der Waals surface area contributed by atoms with E-state index in [1.165, 1.54) is 6.26 Å². The van der Waals surface area contributed by atoms with E-state index in [9.17, 15) is 8.42 Å². The fourth-order valence-electron chi connectivity index (χ4n) is 2.34. The number of sulfone groups is 1. The second-order valence-electron chi connectivity index (χ2n) is 4.66. The molecule has 3 nitrogen and oxygen atoms in total. The Morgan fingerprint density at radius 2 is 1.82 bits per heavy atom. The van der Waals surface area contributed by atoms with Crippen molar-refractivity contribution in [1.29, 1.82) is 0 Å². The number of aryl methyl sites for hydroxylation is 1. The van der Waals surface area contributed by atoms with E-state index >= 15 is 0 Å². The second-order valence-corrected chi connectivity index (χ2v) is 7.33. The zero-order valence-corrected chi connectivity index (χ0v) is 11.4. The lowest BCUT2D eigenvalue weighted by atomic mass is 10.1. The maximum atomic E-state index is 11.6. The van der Waals surface area contributed by atoms with Crippen molar-refractivity contribution in [2.45, 2.75) is 18.1 Å². The Hall–Kier alpha value is -0.940. The Morgan fingerprint density at radius 3 is 2.18 bits per heavy atom. The predicted octanol–water partition coefficient (Wildman–Crippen LogP) is 1.41. The molecule has 1 aliphatic rings. The van der Waals surface area contributed by atoms with E-state index < -0.39 is 15.1 Å². The van der Waals surface area contributed by atoms with Crippen molar-refractivity contribution in [2.24, 2.45) is 11.7 Å². The van der Waals surface area contributed by atoms with Crippen LogP contribution >= 0.6 is 12.2 Å². The topological polar surface area (TPSA) is 60.2 Å². The van der Waals surface area contributed by atoms with Gasteiger partial charge in [-0.2, -0.15) is 0 Å². The summed E-state index contributed by atoms with van der Waals surface area (Å²) in [6.07, 6.45) is 1.25. The summed E-state index contributed by atoms with van der Waals surface area (Å²) >= 11 is 4.94. The molecule has 1 aromatic carbocycles. The van der Waals surface area contributed by atoms with Gasteiger partial charge in [0.25, 0.3) is 0 Å². The van der Waals surface area contributed by atoms with E-state index in [-0.39, 0.29) is 11.8 Å². The molecule has 0 aromatic heterocycles. The third kappa shape index (κ3) is 2.35. The minimum absolute atomic E-state index is 0.0666. The molecule has 0 aliphatic heterocycles. The third-order valence-electron chi connectivity index (χ3n) is 3.24. The van der Waals surface area contributed by atoms with Crippen molar-refractivity contribution in [3.8, 4) is 0 Å². The average Bonchev–Trinajstić information content (AvgIpc) is 2.93. The molecule has 0 unspecified atom stereocenters. The lowest BCUT2D eigenvalue weighted by molar-refractivity contribution is 0.599. The first kappa shape index (κ1) is 12.5. The second kappa shape index (κ2) is 4.07. The number of benzene rings is 1. The van der Waals surface area contributed by atoms with E-state index in [1.54, 1.807) is 0 Å². The van der Waals surface area contributed by atoms with Crippen LogP contribution < -0.4 is 5.73 Å². The van der Waals surface area contributed by atoms with Crippen LogP contribution in [0.1, 0.15) is 17.0 Å². The van der Waals surface area contributed by atoms with E-state index in [2.05, 4.69) is 0 Å². The van der Waals surface area contributed by atoms with Crippen molar-refractivity contribution in [3.05, 3.63) is 35.4 Å². The Bertz CT molecular complexity index is 548. The van der Waals surface area contributed by atoms with E-state index in [1.807, 2.05) is 31.2 Å². The molecule has 0 heterocycles. The van der Waals surface area contributed by atoms with Gasteiger partial charge in [0.05, 0.1) is 10.2 Å². The zero-order valence-electron chi connectivity index (χ0n) is 9.75. The summed E-state index contributed by atoms with van der Waals surface area (Å²) in [4.78, 5) is 0.297. The van der Waals surface area contributed by atoms with Gasteiger partial charge in [-0.15, -0.1) is 0 Å². The molecule has 92 valence electrons. The van der Waals surface area contributed by atoms with Crippen LogP contribution in [0.15, 0.2) is 24.3 Å². The first-order valence-corrected chi connectivity index (χ1v) is 7.73. The maximum Gasteiger partial charge on any atom is 0.151 e. The van der Waals surface area contributed by atoms with Gasteiger partial charge in [0.15, 0.2) is 9.84 Å². The largest absolute Gasteiger partial charge is 0.393 e. The summed E-state index contributed by atoms with van der Waals surface area (Å²) in [7, 11) is -3.10. The van der Waals surface area contributed by atoms with Crippen molar-refractivity contribution in [3.63, 3.8) is 0 Å². The highest BCUT2D eigenvalue weighted by molar-refractivity contribution is 7.91. The monoisotopic (exact) mass is 269 g/mol. The third-order valence-corrected chi connectivity index (χ3v) is 5.09.